The highest BCUT2D eigenvalue weighted by Gasteiger charge is 2.28. The number of methoxy groups -OCH3 is 1. The zero-order chi connectivity index (χ0) is 39.4. The van der Waals surface area contributed by atoms with Gasteiger partial charge in [-0.3, -0.25) is 0 Å². The smallest absolute Gasteiger partial charge is 0.343 e. The van der Waals surface area contributed by atoms with Gasteiger partial charge >= 0.3 is 5.97 Å². The Morgan fingerprint density at radius 2 is 0.698 bits per heavy atom. The van der Waals surface area contributed by atoms with Gasteiger partial charge in [-0.2, -0.15) is 0 Å². The third-order valence-corrected chi connectivity index (χ3v) is 10.6. The summed E-state index contributed by atoms with van der Waals surface area (Å²) in [5.74, 6) is 0.558. The molecule has 53 heavy (non-hydrogen) atoms. The van der Waals surface area contributed by atoms with Gasteiger partial charge in [-0.15, -0.1) is 0 Å². The molecule has 0 unspecified atom stereocenters. The quantitative estimate of drug-likeness (QED) is 0.161. The van der Waals surface area contributed by atoms with Crippen molar-refractivity contribution in [2.75, 3.05) is 13.7 Å². The first-order valence-corrected chi connectivity index (χ1v) is 18.8. The van der Waals surface area contributed by atoms with Gasteiger partial charge in [-0.1, -0.05) is 132 Å². The van der Waals surface area contributed by atoms with Crippen LogP contribution >= 0.6 is 0 Å². The van der Waals surface area contributed by atoms with Crippen LogP contribution in [0.2, 0.25) is 0 Å². The average Bonchev–Trinajstić information content (AvgIpc) is 3.03. The van der Waals surface area contributed by atoms with E-state index in [4.69, 9.17) is 9.47 Å². The fourth-order valence-electron chi connectivity index (χ4n) is 7.03. The monoisotopic (exact) mass is 720 g/mol. The number of rotatable bonds is 3. The topological polar surface area (TPSA) is 96.2 Å². The number of hydrogen-bond acceptors (Lipinski definition) is 6. The Morgan fingerprint density at radius 3 is 0.925 bits per heavy atom. The van der Waals surface area contributed by atoms with Gasteiger partial charge in [0.2, 0.25) is 0 Å². The second-order valence-electron chi connectivity index (χ2n) is 19.1. The number of phenols is 3. The maximum absolute atomic E-state index is 12.5. The molecule has 0 saturated heterocycles. The summed E-state index contributed by atoms with van der Waals surface area (Å²) in [4.78, 5) is 12.5. The van der Waals surface area contributed by atoms with E-state index >= 15 is 0 Å². The molecule has 0 aromatic heterocycles. The molecule has 0 heterocycles. The van der Waals surface area contributed by atoms with Gasteiger partial charge < -0.3 is 24.8 Å². The van der Waals surface area contributed by atoms with Crippen molar-refractivity contribution in [3.63, 3.8) is 0 Å². The molecule has 0 fully saturated rings. The summed E-state index contributed by atoms with van der Waals surface area (Å²) < 4.78 is 11.4. The molecule has 0 spiro atoms. The van der Waals surface area contributed by atoms with Crippen LogP contribution in [0.15, 0.2) is 48.5 Å². The zero-order valence-electron chi connectivity index (χ0n) is 34.2. The summed E-state index contributed by atoms with van der Waals surface area (Å²) in [7, 11) is 1.34. The number of aromatic hydroxyl groups is 3. The third kappa shape index (κ3) is 8.69. The SMILES string of the molecule is COC(=O)COc1c2cc(C(C)(C)C)cc1Cc1cc(C(C)(C)C)cc(c1O)Cc1cc(C(C)(C)C)cc(c1O)Cc1cc(C(C)(C)C)cc(c1O)C2. The zero-order valence-corrected chi connectivity index (χ0v) is 34.2. The van der Waals surface area contributed by atoms with Crippen LogP contribution in [-0.4, -0.2) is 35.0 Å². The Bertz CT molecular complexity index is 1920. The van der Waals surface area contributed by atoms with Crippen LogP contribution in [0.3, 0.4) is 0 Å². The Labute approximate surface area is 317 Å². The van der Waals surface area contributed by atoms with Crippen LogP contribution in [-0.2, 0) is 56.9 Å². The van der Waals surface area contributed by atoms with E-state index in [1.165, 1.54) is 7.11 Å². The van der Waals surface area contributed by atoms with Gasteiger partial charge in [0.25, 0.3) is 0 Å². The van der Waals surface area contributed by atoms with Crippen molar-refractivity contribution in [2.24, 2.45) is 0 Å². The van der Waals surface area contributed by atoms with Crippen molar-refractivity contribution in [3.8, 4) is 23.0 Å². The minimum Gasteiger partial charge on any atom is -0.507 e. The number of carbonyl (C=O) groups excluding carboxylic acids is 1. The molecular formula is C47H60O6. The first-order valence-electron chi connectivity index (χ1n) is 18.8. The van der Waals surface area contributed by atoms with Crippen LogP contribution in [0.4, 0.5) is 0 Å². The lowest BCUT2D eigenvalue weighted by Crippen LogP contribution is -2.18. The minimum absolute atomic E-state index is 0.173. The van der Waals surface area contributed by atoms with Crippen molar-refractivity contribution in [1.29, 1.82) is 0 Å². The van der Waals surface area contributed by atoms with Crippen molar-refractivity contribution < 1.29 is 29.6 Å². The summed E-state index contributed by atoms with van der Waals surface area (Å²) in [5.41, 5.74) is 9.32. The van der Waals surface area contributed by atoms with Crippen molar-refractivity contribution in [1.82, 2.24) is 0 Å². The van der Waals surface area contributed by atoms with E-state index in [2.05, 4.69) is 132 Å². The lowest BCUT2D eigenvalue weighted by molar-refractivity contribution is -0.142. The van der Waals surface area contributed by atoms with Crippen molar-refractivity contribution in [3.05, 3.63) is 115 Å². The van der Waals surface area contributed by atoms with E-state index < -0.39 is 5.97 Å². The highest BCUT2D eigenvalue weighted by molar-refractivity contribution is 5.71. The van der Waals surface area contributed by atoms with E-state index in [9.17, 15) is 20.1 Å². The molecule has 0 radical (unpaired) electrons. The Hall–Kier alpha value is -4.45. The molecule has 6 nitrogen and oxygen atoms in total. The lowest BCUT2D eigenvalue weighted by Gasteiger charge is -2.27. The van der Waals surface area contributed by atoms with E-state index in [1.807, 2.05) is 0 Å². The van der Waals surface area contributed by atoms with Crippen LogP contribution < -0.4 is 4.74 Å². The second kappa shape index (κ2) is 14.1. The van der Waals surface area contributed by atoms with Gasteiger partial charge in [-0.25, -0.2) is 4.79 Å². The molecule has 0 saturated carbocycles. The first-order chi connectivity index (χ1) is 24.4. The normalized spacial score (nSPS) is 13.8. The van der Waals surface area contributed by atoms with E-state index in [-0.39, 0.29) is 45.5 Å². The van der Waals surface area contributed by atoms with E-state index in [1.54, 1.807) is 0 Å². The minimum atomic E-state index is -0.501. The van der Waals surface area contributed by atoms with Crippen LogP contribution in [0, 0.1) is 0 Å². The standard InChI is InChI=1S/C47H60O6/c1-44(2,3)35-18-27-14-29-20-36(45(4,5)6)22-31(41(29)50)16-33-24-38(47(10,11)12)25-34(43(33)53-26-39(48)52-13)17-32-23-37(46(7,8)9)21-30(42(32)51)15-28(19-35)40(27)49/h18-25,49-51H,14-17,26H2,1-13H3. The molecule has 4 aromatic carbocycles. The van der Waals surface area contributed by atoms with Gasteiger partial charge in [0.05, 0.1) is 7.11 Å². The predicted octanol–water partition coefficient (Wildman–Crippen LogP) is 10.2. The van der Waals surface area contributed by atoms with Crippen molar-refractivity contribution in [2.45, 2.75) is 130 Å². The molecule has 1 aliphatic carbocycles. The molecular weight excluding hydrogens is 661 g/mol. The summed E-state index contributed by atoms with van der Waals surface area (Å²) in [6.45, 7) is 25.6. The second-order valence-corrected chi connectivity index (χ2v) is 19.1. The maximum Gasteiger partial charge on any atom is 0.343 e. The molecule has 5 rings (SSSR count). The molecule has 8 bridgehead atoms. The number of carbonyl (C=O) groups is 1. The summed E-state index contributed by atoms with van der Waals surface area (Å²) >= 11 is 0. The fraction of sp³-hybridized carbons (Fsp3) is 0.468. The van der Waals surface area contributed by atoms with Crippen LogP contribution in [0.1, 0.15) is 150 Å². The summed E-state index contributed by atoms with van der Waals surface area (Å²) in [6, 6.07) is 16.6. The number of fused-ring (bicyclic) bond motifs is 8. The lowest BCUT2D eigenvalue weighted by atomic mass is 9.79. The highest BCUT2D eigenvalue weighted by Crippen LogP contribution is 2.43. The number of ether oxygens (including phenoxy) is 2. The predicted molar refractivity (Wildman–Crippen MR) is 214 cm³/mol. The van der Waals surface area contributed by atoms with Crippen molar-refractivity contribution >= 4 is 5.97 Å². The highest BCUT2D eigenvalue weighted by atomic mass is 16.6. The van der Waals surface area contributed by atoms with Crippen LogP contribution in [0.5, 0.6) is 23.0 Å². The summed E-state index contributed by atoms with van der Waals surface area (Å²) in [6.07, 6.45) is 1.27. The Kier molecular flexibility index (Phi) is 10.6. The molecule has 0 atom stereocenters. The third-order valence-electron chi connectivity index (χ3n) is 10.6. The largest absolute Gasteiger partial charge is 0.507 e. The number of esters is 1. The molecule has 284 valence electrons. The fourth-order valence-corrected chi connectivity index (χ4v) is 7.03. The average molecular weight is 721 g/mol. The molecule has 0 aliphatic heterocycles. The van der Waals surface area contributed by atoms with Gasteiger partial charge in [0.1, 0.15) is 23.0 Å². The van der Waals surface area contributed by atoms with Gasteiger partial charge in [0.15, 0.2) is 6.61 Å². The maximum atomic E-state index is 12.5. The molecule has 4 aromatic rings. The van der Waals surface area contributed by atoms with Gasteiger partial charge in [0, 0.05) is 25.7 Å². The molecule has 3 N–H and O–H groups in total. The van der Waals surface area contributed by atoms with E-state index in [0.29, 0.717) is 31.4 Å². The Balaban J connectivity index is 1.92. The first kappa shape index (κ1) is 39.8. The van der Waals surface area contributed by atoms with Gasteiger partial charge in [-0.05, 0) is 88.4 Å². The number of phenolic OH excluding ortho intramolecular Hbond substituents is 3. The molecule has 0 amide bonds. The molecule has 6 heteroatoms. The summed E-state index contributed by atoms with van der Waals surface area (Å²) in [5, 5.41) is 36.3. The van der Waals surface area contributed by atoms with Crippen LogP contribution in [0.25, 0.3) is 0 Å². The molecule has 1 aliphatic rings. The Morgan fingerprint density at radius 1 is 0.472 bits per heavy atom. The number of benzene rings is 4. The number of hydrogen-bond donors (Lipinski definition) is 3. The van der Waals surface area contributed by atoms with E-state index in [0.717, 1.165) is 66.8 Å².